The molecular formula is C13H22O2. The standard InChI is InChI=1S/C13H22O2/c14-12(15)10-13(7-4-8-13)9-11-5-2-1-3-6-11/h11H,1-10H2,(H,14,15). The smallest absolute Gasteiger partial charge is 0.303 e. The molecule has 2 nitrogen and oxygen atoms in total. The Morgan fingerprint density at radius 3 is 2.27 bits per heavy atom. The summed E-state index contributed by atoms with van der Waals surface area (Å²) in [5, 5.41) is 8.94. The second-order valence-corrected chi connectivity index (χ2v) is 5.63. The van der Waals surface area contributed by atoms with Crippen LogP contribution in [-0.2, 0) is 4.79 Å². The fraction of sp³-hybridized carbons (Fsp3) is 0.923. The average Bonchev–Trinajstić information content (AvgIpc) is 2.15. The summed E-state index contributed by atoms with van der Waals surface area (Å²) >= 11 is 0. The van der Waals surface area contributed by atoms with Crippen LogP contribution in [0.15, 0.2) is 0 Å². The summed E-state index contributed by atoms with van der Waals surface area (Å²) in [4.78, 5) is 10.8. The summed E-state index contributed by atoms with van der Waals surface area (Å²) in [7, 11) is 0. The lowest BCUT2D eigenvalue weighted by Crippen LogP contribution is -2.34. The molecule has 86 valence electrons. The number of rotatable bonds is 4. The third kappa shape index (κ3) is 2.73. The van der Waals surface area contributed by atoms with Crippen molar-refractivity contribution in [2.75, 3.05) is 0 Å². The van der Waals surface area contributed by atoms with E-state index in [1.165, 1.54) is 44.9 Å². The molecular weight excluding hydrogens is 188 g/mol. The second-order valence-electron chi connectivity index (χ2n) is 5.63. The highest BCUT2D eigenvalue weighted by molar-refractivity contribution is 5.67. The molecule has 0 atom stereocenters. The van der Waals surface area contributed by atoms with Crippen LogP contribution in [0.5, 0.6) is 0 Å². The summed E-state index contributed by atoms with van der Waals surface area (Å²) in [6, 6.07) is 0. The molecule has 2 aliphatic carbocycles. The summed E-state index contributed by atoms with van der Waals surface area (Å²) in [5.74, 6) is 0.240. The molecule has 0 aromatic heterocycles. The van der Waals surface area contributed by atoms with Gasteiger partial charge in [-0.05, 0) is 30.6 Å². The van der Waals surface area contributed by atoms with Gasteiger partial charge >= 0.3 is 5.97 Å². The van der Waals surface area contributed by atoms with Crippen LogP contribution in [0.1, 0.15) is 64.2 Å². The van der Waals surface area contributed by atoms with E-state index in [1.54, 1.807) is 0 Å². The molecule has 2 rings (SSSR count). The molecule has 0 bridgehead atoms. The van der Waals surface area contributed by atoms with Crippen LogP contribution in [0.3, 0.4) is 0 Å². The minimum Gasteiger partial charge on any atom is -0.481 e. The lowest BCUT2D eigenvalue weighted by atomic mass is 9.61. The molecule has 0 amide bonds. The van der Waals surface area contributed by atoms with E-state index in [4.69, 9.17) is 5.11 Å². The monoisotopic (exact) mass is 210 g/mol. The molecule has 1 N–H and O–H groups in total. The van der Waals surface area contributed by atoms with Crippen LogP contribution in [0.4, 0.5) is 0 Å². The average molecular weight is 210 g/mol. The van der Waals surface area contributed by atoms with Gasteiger partial charge in [-0.1, -0.05) is 38.5 Å². The van der Waals surface area contributed by atoms with Gasteiger partial charge in [-0.3, -0.25) is 4.79 Å². The molecule has 0 unspecified atom stereocenters. The highest BCUT2D eigenvalue weighted by Crippen LogP contribution is 2.50. The third-order valence-electron chi connectivity index (χ3n) is 4.39. The molecule has 2 fully saturated rings. The first kappa shape index (κ1) is 11.0. The highest BCUT2D eigenvalue weighted by atomic mass is 16.4. The molecule has 2 heteroatoms. The summed E-state index contributed by atoms with van der Waals surface area (Å²) < 4.78 is 0. The van der Waals surface area contributed by atoms with E-state index in [0.29, 0.717) is 6.42 Å². The Morgan fingerprint density at radius 2 is 1.80 bits per heavy atom. The lowest BCUT2D eigenvalue weighted by molar-refractivity contribution is -0.142. The summed E-state index contributed by atoms with van der Waals surface area (Å²) in [6.07, 6.45) is 12.0. The molecule has 0 saturated heterocycles. The molecule has 0 aliphatic heterocycles. The van der Waals surface area contributed by atoms with Gasteiger partial charge in [0.2, 0.25) is 0 Å². The van der Waals surface area contributed by atoms with Crippen molar-refractivity contribution in [2.45, 2.75) is 64.2 Å². The lowest BCUT2D eigenvalue weighted by Gasteiger charge is -2.44. The van der Waals surface area contributed by atoms with Crippen molar-refractivity contribution in [3.05, 3.63) is 0 Å². The van der Waals surface area contributed by atoms with E-state index in [9.17, 15) is 4.79 Å². The number of carboxylic acid groups (broad SMARTS) is 1. The Bertz CT molecular complexity index is 225. The van der Waals surface area contributed by atoms with Crippen LogP contribution < -0.4 is 0 Å². The highest BCUT2D eigenvalue weighted by Gasteiger charge is 2.40. The first-order valence-corrected chi connectivity index (χ1v) is 6.42. The molecule has 2 saturated carbocycles. The first-order chi connectivity index (χ1) is 7.20. The van der Waals surface area contributed by atoms with Crippen LogP contribution in [-0.4, -0.2) is 11.1 Å². The van der Waals surface area contributed by atoms with Crippen molar-refractivity contribution in [3.63, 3.8) is 0 Å². The maximum Gasteiger partial charge on any atom is 0.303 e. The maximum atomic E-state index is 10.8. The van der Waals surface area contributed by atoms with Gasteiger partial charge in [-0.2, -0.15) is 0 Å². The van der Waals surface area contributed by atoms with Crippen molar-refractivity contribution in [3.8, 4) is 0 Å². The molecule has 0 heterocycles. The Morgan fingerprint density at radius 1 is 1.13 bits per heavy atom. The van der Waals surface area contributed by atoms with Gasteiger partial charge < -0.3 is 5.11 Å². The Kier molecular flexibility index (Phi) is 3.32. The zero-order valence-corrected chi connectivity index (χ0v) is 9.50. The van der Waals surface area contributed by atoms with Gasteiger partial charge in [0.05, 0.1) is 6.42 Å². The number of hydrogen-bond donors (Lipinski definition) is 1. The molecule has 2 aliphatic rings. The van der Waals surface area contributed by atoms with Crippen molar-refractivity contribution >= 4 is 5.97 Å². The van der Waals surface area contributed by atoms with Crippen LogP contribution in [0, 0.1) is 11.3 Å². The number of carbonyl (C=O) groups is 1. The zero-order chi connectivity index (χ0) is 10.7. The molecule has 0 spiro atoms. The minimum absolute atomic E-state index is 0.202. The Balaban J connectivity index is 1.86. The third-order valence-corrected chi connectivity index (χ3v) is 4.39. The summed E-state index contributed by atoms with van der Waals surface area (Å²) in [6.45, 7) is 0. The predicted molar refractivity (Wildman–Crippen MR) is 59.7 cm³/mol. The minimum atomic E-state index is -0.592. The molecule has 0 aromatic rings. The first-order valence-electron chi connectivity index (χ1n) is 6.42. The Labute approximate surface area is 92.1 Å². The molecule has 0 radical (unpaired) electrons. The van der Waals surface area contributed by atoms with Crippen LogP contribution in [0.25, 0.3) is 0 Å². The van der Waals surface area contributed by atoms with Gasteiger partial charge in [-0.25, -0.2) is 0 Å². The van der Waals surface area contributed by atoms with Crippen LogP contribution in [0.2, 0.25) is 0 Å². The zero-order valence-electron chi connectivity index (χ0n) is 9.50. The van der Waals surface area contributed by atoms with Gasteiger partial charge in [0.25, 0.3) is 0 Å². The normalized spacial score (nSPS) is 25.9. The number of aliphatic carboxylic acids is 1. The van der Waals surface area contributed by atoms with Gasteiger partial charge in [0.1, 0.15) is 0 Å². The van der Waals surface area contributed by atoms with Crippen LogP contribution >= 0.6 is 0 Å². The van der Waals surface area contributed by atoms with E-state index < -0.39 is 5.97 Å². The van der Waals surface area contributed by atoms with Gasteiger partial charge in [0.15, 0.2) is 0 Å². The van der Waals surface area contributed by atoms with Crippen molar-refractivity contribution in [2.24, 2.45) is 11.3 Å². The second kappa shape index (κ2) is 4.54. The molecule has 0 aromatic carbocycles. The van der Waals surface area contributed by atoms with E-state index in [2.05, 4.69) is 0 Å². The Hall–Kier alpha value is -0.530. The SMILES string of the molecule is O=C(O)CC1(CC2CCCCC2)CCC1. The quantitative estimate of drug-likeness (QED) is 0.769. The predicted octanol–water partition coefficient (Wildman–Crippen LogP) is 3.60. The summed E-state index contributed by atoms with van der Waals surface area (Å²) in [5.41, 5.74) is 0.202. The van der Waals surface area contributed by atoms with E-state index >= 15 is 0 Å². The maximum absolute atomic E-state index is 10.8. The van der Waals surface area contributed by atoms with Crippen molar-refractivity contribution < 1.29 is 9.90 Å². The van der Waals surface area contributed by atoms with Crippen molar-refractivity contribution in [1.29, 1.82) is 0 Å². The van der Waals surface area contributed by atoms with E-state index in [0.717, 1.165) is 18.8 Å². The molecule has 15 heavy (non-hydrogen) atoms. The van der Waals surface area contributed by atoms with Gasteiger partial charge in [0, 0.05) is 0 Å². The fourth-order valence-corrected chi connectivity index (χ4v) is 3.45. The van der Waals surface area contributed by atoms with Gasteiger partial charge in [-0.15, -0.1) is 0 Å². The van der Waals surface area contributed by atoms with E-state index in [1.807, 2.05) is 0 Å². The van der Waals surface area contributed by atoms with E-state index in [-0.39, 0.29) is 5.41 Å². The van der Waals surface area contributed by atoms with Crippen molar-refractivity contribution in [1.82, 2.24) is 0 Å². The topological polar surface area (TPSA) is 37.3 Å². The number of hydrogen-bond acceptors (Lipinski definition) is 1. The fourth-order valence-electron chi connectivity index (χ4n) is 3.45. The largest absolute Gasteiger partial charge is 0.481 e. The number of carboxylic acids is 1.